The number of carboxylic acid groups (broad SMARTS) is 1. The van der Waals surface area contributed by atoms with Gasteiger partial charge in [-0.2, -0.15) is 36.1 Å². The van der Waals surface area contributed by atoms with Gasteiger partial charge >= 0.3 is 18.3 Å². The maximum atomic E-state index is 13.1. The van der Waals surface area contributed by atoms with Crippen molar-refractivity contribution in [1.82, 2.24) is 9.78 Å². The number of alkyl halides is 6. The quantitative estimate of drug-likeness (QED) is 0.443. The first-order valence-corrected chi connectivity index (χ1v) is 9.45. The Morgan fingerprint density at radius 3 is 2.29 bits per heavy atom. The molecule has 7 nitrogen and oxygen atoms in total. The van der Waals surface area contributed by atoms with Crippen molar-refractivity contribution < 1.29 is 45.8 Å². The number of ether oxygens (including phenoxy) is 1. The Balaban J connectivity index is 1.87. The first-order chi connectivity index (χ1) is 15.8. The molecule has 0 radical (unpaired) electrons. The Labute approximate surface area is 191 Å². The number of anilines is 1. The molecule has 1 heterocycles. The lowest BCUT2D eigenvalue weighted by Crippen LogP contribution is -2.23. The van der Waals surface area contributed by atoms with Crippen LogP contribution in [0.1, 0.15) is 21.6 Å². The van der Waals surface area contributed by atoms with Gasteiger partial charge < -0.3 is 15.2 Å². The monoisotopic (exact) mass is 507 g/mol. The Hall–Kier alpha value is -3.74. The summed E-state index contributed by atoms with van der Waals surface area (Å²) in [5, 5.41) is 14.6. The smallest absolute Gasteiger partial charge is 0.435 e. The molecule has 2 N–H and O–H groups in total. The Morgan fingerprint density at radius 2 is 1.71 bits per heavy atom. The number of halogens is 7. The summed E-state index contributed by atoms with van der Waals surface area (Å²) < 4.78 is 84.6. The molecular formula is C20H12ClF6N3O4. The molecule has 180 valence electrons. The number of carboxylic acids is 1. The lowest BCUT2D eigenvalue weighted by atomic mass is 10.0. The SMILES string of the molecule is O=C(COc1cc(C(F)(F)F)nn1-c1ccccc1Cl)Nc1cccc(C(F)(F)F)c1C(=O)O. The second-order valence-electron chi connectivity index (χ2n) is 6.60. The van der Waals surface area contributed by atoms with Crippen LogP contribution >= 0.6 is 11.6 Å². The molecule has 3 rings (SSSR count). The number of hydrogen-bond acceptors (Lipinski definition) is 4. The summed E-state index contributed by atoms with van der Waals surface area (Å²) in [6.45, 7) is -0.983. The van der Waals surface area contributed by atoms with E-state index in [1.54, 1.807) is 0 Å². The summed E-state index contributed by atoms with van der Waals surface area (Å²) in [4.78, 5) is 23.6. The number of aromatic carboxylic acids is 1. The van der Waals surface area contributed by atoms with Gasteiger partial charge in [0.1, 0.15) is 0 Å². The predicted octanol–water partition coefficient (Wildman–Crippen LogP) is 5.28. The van der Waals surface area contributed by atoms with Crippen LogP contribution in [0.15, 0.2) is 48.5 Å². The fourth-order valence-corrected chi connectivity index (χ4v) is 3.07. The van der Waals surface area contributed by atoms with E-state index in [9.17, 15) is 41.0 Å². The van der Waals surface area contributed by atoms with E-state index in [1.807, 2.05) is 5.32 Å². The highest BCUT2D eigenvalue weighted by Gasteiger charge is 2.37. The molecule has 2 aromatic carbocycles. The molecule has 14 heteroatoms. The van der Waals surface area contributed by atoms with E-state index in [0.717, 1.165) is 12.1 Å². The molecule has 1 amide bonds. The van der Waals surface area contributed by atoms with Crippen LogP contribution in [-0.4, -0.2) is 33.4 Å². The van der Waals surface area contributed by atoms with E-state index in [4.69, 9.17) is 16.3 Å². The van der Waals surface area contributed by atoms with Crippen molar-refractivity contribution in [2.45, 2.75) is 12.4 Å². The minimum absolute atomic E-state index is 0.00103. The van der Waals surface area contributed by atoms with Crippen molar-refractivity contribution >= 4 is 29.2 Å². The van der Waals surface area contributed by atoms with Gasteiger partial charge in [0.2, 0.25) is 5.88 Å². The zero-order valence-corrected chi connectivity index (χ0v) is 17.3. The van der Waals surface area contributed by atoms with E-state index >= 15 is 0 Å². The number of carbonyl (C=O) groups is 2. The van der Waals surface area contributed by atoms with Crippen LogP contribution in [0.5, 0.6) is 5.88 Å². The fraction of sp³-hybridized carbons (Fsp3) is 0.150. The Bertz CT molecular complexity index is 1240. The van der Waals surface area contributed by atoms with Crippen LogP contribution in [0.25, 0.3) is 5.69 Å². The van der Waals surface area contributed by atoms with Gasteiger partial charge in [-0.15, -0.1) is 0 Å². The third-order valence-corrected chi connectivity index (χ3v) is 4.58. The number of amides is 1. The highest BCUT2D eigenvalue weighted by atomic mass is 35.5. The average Bonchev–Trinajstić information content (AvgIpc) is 3.16. The summed E-state index contributed by atoms with van der Waals surface area (Å²) in [5.41, 5.74) is -4.73. The molecule has 0 bridgehead atoms. The average molecular weight is 508 g/mol. The first kappa shape index (κ1) is 24.9. The Morgan fingerprint density at radius 1 is 1.03 bits per heavy atom. The van der Waals surface area contributed by atoms with Gasteiger partial charge in [-0.25, -0.2) is 4.79 Å². The molecule has 3 aromatic rings. The largest absolute Gasteiger partial charge is 0.478 e. The van der Waals surface area contributed by atoms with Crippen molar-refractivity contribution in [3.05, 3.63) is 70.4 Å². The minimum Gasteiger partial charge on any atom is -0.478 e. The number of hydrogen-bond donors (Lipinski definition) is 2. The van der Waals surface area contributed by atoms with Crippen LogP contribution in [0.4, 0.5) is 32.0 Å². The van der Waals surface area contributed by atoms with Gasteiger partial charge in [-0.1, -0.05) is 29.8 Å². The van der Waals surface area contributed by atoms with Crippen LogP contribution in [0.3, 0.4) is 0 Å². The molecule has 1 aromatic heterocycles. The van der Waals surface area contributed by atoms with Crippen LogP contribution in [-0.2, 0) is 17.1 Å². The number of benzene rings is 2. The lowest BCUT2D eigenvalue weighted by Gasteiger charge is -2.15. The maximum absolute atomic E-state index is 13.1. The molecule has 0 atom stereocenters. The standard InChI is InChI=1S/C20H12ClF6N3O4/c21-11-5-1-2-7-13(11)30-16(8-14(29-30)20(25,26)27)34-9-15(31)28-12-6-3-4-10(19(22,23)24)17(12)18(32)33/h1-8H,9H2,(H,28,31)(H,32,33). The summed E-state index contributed by atoms with van der Waals surface area (Å²) in [6, 6.07) is 8.53. The molecule has 0 fully saturated rings. The van der Waals surface area contributed by atoms with Gasteiger partial charge in [-0.3, -0.25) is 4.79 Å². The third kappa shape index (κ3) is 5.42. The highest BCUT2D eigenvalue weighted by Crippen LogP contribution is 2.36. The molecule has 0 saturated heterocycles. The summed E-state index contributed by atoms with van der Waals surface area (Å²) in [6.07, 6.45) is -9.87. The number of nitrogens with one attached hydrogen (secondary N) is 1. The van der Waals surface area contributed by atoms with E-state index in [0.29, 0.717) is 16.8 Å². The molecule has 0 saturated carbocycles. The van der Waals surface area contributed by atoms with Gasteiger partial charge in [0.25, 0.3) is 5.91 Å². The van der Waals surface area contributed by atoms with Crippen molar-refractivity contribution in [2.75, 3.05) is 11.9 Å². The summed E-state index contributed by atoms with van der Waals surface area (Å²) in [7, 11) is 0. The Kier molecular flexibility index (Phi) is 6.77. The van der Waals surface area contributed by atoms with E-state index in [1.165, 1.54) is 24.3 Å². The first-order valence-electron chi connectivity index (χ1n) is 9.07. The second kappa shape index (κ2) is 9.25. The van der Waals surface area contributed by atoms with Crippen molar-refractivity contribution in [3.63, 3.8) is 0 Å². The van der Waals surface area contributed by atoms with E-state index in [-0.39, 0.29) is 10.7 Å². The molecule has 0 aliphatic rings. The van der Waals surface area contributed by atoms with Crippen molar-refractivity contribution in [3.8, 4) is 11.6 Å². The lowest BCUT2D eigenvalue weighted by molar-refractivity contribution is -0.141. The number of carbonyl (C=O) groups excluding carboxylic acids is 1. The number of para-hydroxylation sites is 1. The van der Waals surface area contributed by atoms with E-state index in [2.05, 4.69) is 5.10 Å². The normalized spacial score (nSPS) is 11.9. The van der Waals surface area contributed by atoms with Crippen molar-refractivity contribution in [2.24, 2.45) is 0 Å². The highest BCUT2D eigenvalue weighted by molar-refractivity contribution is 6.32. The fourth-order valence-electron chi connectivity index (χ4n) is 2.85. The third-order valence-electron chi connectivity index (χ3n) is 4.26. The molecule has 0 unspecified atom stereocenters. The summed E-state index contributed by atoms with van der Waals surface area (Å²) in [5.74, 6) is -3.63. The summed E-state index contributed by atoms with van der Waals surface area (Å²) >= 11 is 6.00. The maximum Gasteiger partial charge on any atom is 0.435 e. The predicted molar refractivity (Wildman–Crippen MR) is 106 cm³/mol. The molecule has 0 aliphatic heterocycles. The van der Waals surface area contributed by atoms with Crippen LogP contribution in [0, 0.1) is 0 Å². The van der Waals surface area contributed by atoms with Gasteiger partial charge in [0.15, 0.2) is 12.3 Å². The molecular weight excluding hydrogens is 496 g/mol. The topological polar surface area (TPSA) is 93.5 Å². The van der Waals surface area contributed by atoms with Gasteiger partial charge in [0.05, 0.1) is 27.5 Å². The number of aromatic nitrogens is 2. The zero-order chi connectivity index (χ0) is 25.3. The van der Waals surface area contributed by atoms with Gasteiger partial charge in [-0.05, 0) is 24.3 Å². The number of rotatable bonds is 6. The molecule has 34 heavy (non-hydrogen) atoms. The van der Waals surface area contributed by atoms with Crippen molar-refractivity contribution in [1.29, 1.82) is 0 Å². The molecule has 0 aliphatic carbocycles. The van der Waals surface area contributed by atoms with Crippen LogP contribution in [0.2, 0.25) is 5.02 Å². The van der Waals surface area contributed by atoms with Crippen LogP contribution < -0.4 is 10.1 Å². The second-order valence-corrected chi connectivity index (χ2v) is 7.00. The molecule has 0 spiro atoms. The number of nitrogens with zero attached hydrogens (tertiary/aromatic N) is 2. The van der Waals surface area contributed by atoms with Gasteiger partial charge in [0, 0.05) is 6.07 Å². The minimum atomic E-state index is -5.01. The zero-order valence-electron chi connectivity index (χ0n) is 16.5. The van der Waals surface area contributed by atoms with E-state index < -0.39 is 59.2 Å².